The summed E-state index contributed by atoms with van der Waals surface area (Å²) < 4.78 is 5.17. The fourth-order valence-electron chi connectivity index (χ4n) is 2.21. The number of aryl methyl sites for hydroxylation is 1. The molecule has 2 heteroatoms. The summed E-state index contributed by atoms with van der Waals surface area (Å²) in [5.74, 6) is -0.195. The quantitative estimate of drug-likeness (QED) is 0.679. The highest BCUT2D eigenvalue weighted by atomic mass is 16.5. The van der Waals surface area contributed by atoms with Gasteiger partial charge >= 0.3 is 5.97 Å². The molecule has 0 radical (unpaired) electrons. The van der Waals surface area contributed by atoms with Crippen LogP contribution in [0.3, 0.4) is 0 Å². The third-order valence-corrected chi connectivity index (χ3v) is 3.04. The smallest absolute Gasteiger partial charge is 0.313 e. The summed E-state index contributed by atoms with van der Waals surface area (Å²) in [5.41, 5.74) is 2.40. The molecule has 1 aromatic rings. The van der Waals surface area contributed by atoms with E-state index in [4.69, 9.17) is 4.74 Å². The molecule has 2 nitrogen and oxygen atoms in total. The van der Waals surface area contributed by atoms with Gasteiger partial charge in [0, 0.05) is 0 Å². The molecule has 1 atom stereocenters. The molecule has 0 saturated carbocycles. The van der Waals surface area contributed by atoms with E-state index in [9.17, 15) is 4.79 Å². The molecule has 1 unspecified atom stereocenters. The Morgan fingerprint density at radius 3 is 2.61 bits per heavy atom. The summed E-state index contributed by atoms with van der Waals surface area (Å²) in [4.78, 5) is 12.0. The van der Waals surface area contributed by atoms with Crippen LogP contribution in [0.25, 0.3) is 0 Å². The molecule has 0 fully saturated rings. The number of carbonyl (C=O) groups is 1. The SMILES string of the molecule is CCCc1cccc(C(CCC)C(=O)OCC)c1. The first-order valence-electron chi connectivity index (χ1n) is 6.98. The fraction of sp³-hybridized carbons (Fsp3) is 0.562. The fourth-order valence-corrected chi connectivity index (χ4v) is 2.21. The number of hydrogen-bond acceptors (Lipinski definition) is 2. The minimum atomic E-state index is -0.105. The molecule has 18 heavy (non-hydrogen) atoms. The van der Waals surface area contributed by atoms with Crippen molar-refractivity contribution in [1.82, 2.24) is 0 Å². The van der Waals surface area contributed by atoms with E-state index in [1.54, 1.807) is 0 Å². The van der Waals surface area contributed by atoms with Crippen LogP contribution in [-0.2, 0) is 16.0 Å². The predicted molar refractivity (Wildman–Crippen MR) is 74.7 cm³/mol. The normalized spacial score (nSPS) is 12.2. The maximum absolute atomic E-state index is 12.0. The Labute approximate surface area is 110 Å². The average molecular weight is 248 g/mol. The monoisotopic (exact) mass is 248 g/mol. The van der Waals surface area contributed by atoms with Crippen molar-refractivity contribution in [2.45, 2.75) is 52.4 Å². The number of rotatable bonds is 7. The van der Waals surface area contributed by atoms with Crippen LogP contribution in [0.5, 0.6) is 0 Å². The van der Waals surface area contributed by atoms with E-state index in [1.807, 2.05) is 19.1 Å². The van der Waals surface area contributed by atoms with Gasteiger partial charge < -0.3 is 4.74 Å². The molecule has 0 aliphatic rings. The summed E-state index contributed by atoms with van der Waals surface area (Å²) >= 11 is 0. The van der Waals surface area contributed by atoms with Crippen LogP contribution in [0, 0.1) is 0 Å². The van der Waals surface area contributed by atoms with Crippen molar-refractivity contribution in [2.24, 2.45) is 0 Å². The van der Waals surface area contributed by atoms with E-state index >= 15 is 0 Å². The molecule has 0 aliphatic heterocycles. The maximum Gasteiger partial charge on any atom is 0.313 e. The maximum atomic E-state index is 12.0. The number of hydrogen-bond donors (Lipinski definition) is 0. The van der Waals surface area contributed by atoms with E-state index in [0.717, 1.165) is 31.2 Å². The van der Waals surface area contributed by atoms with Crippen molar-refractivity contribution in [3.8, 4) is 0 Å². The van der Waals surface area contributed by atoms with Gasteiger partial charge in [-0.3, -0.25) is 4.79 Å². The Kier molecular flexibility index (Phi) is 6.48. The Balaban J connectivity index is 2.90. The van der Waals surface area contributed by atoms with Crippen LogP contribution in [0.1, 0.15) is 57.1 Å². The van der Waals surface area contributed by atoms with Crippen molar-refractivity contribution in [2.75, 3.05) is 6.61 Å². The summed E-state index contributed by atoms with van der Waals surface area (Å²) in [7, 11) is 0. The Morgan fingerprint density at radius 2 is 2.00 bits per heavy atom. The molecule has 0 spiro atoms. The molecule has 0 bridgehead atoms. The van der Waals surface area contributed by atoms with Crippen molar-refractivity contribution in [3.63, 3.8) is 0 Å². The summed E-state index contributed by atoms with van der Waals surface area (Å²) in [6.07, 6.45) is 4.03. The van der Waals surface area contributed by atoms with E-state index in [-0.39, 0.29) is 11.9 Å². The van der Waals surface area contributed by atoms with Crippen LogP contribution in [0.4, 0.5) is 0 Å². The highest BCUT2D eigenvalue weighted by molar-refractivity contribution is 5.78. The Bertz CT molecular complexity index is 371. The first-order valence-corrected chi connectivity index (χ1v) is 6.98. The first-order chi connectivity index (χ1) is 8.72. The molecule has 1 aromatic carbocycles. The van der Waals surface area contributed by atoms with Gasteiger partial charge in [-0.2, -0.15) is 0 Å². The van der Waals surface area contributed by atoms with Crippen molar-refractivity contribution < 1.29 is 9.53 Å². The number of benzene rings is 1. The van der Waals surface area contributed by atoms with E-state index in [0.29, 0.717) is 6.61 Å². The lowest BCUT2D eigenvalue weighted by molar-refractivity contribution is -0.145. The predicted octanol–water partition coefficient (Wildman–Crippen LogP) is 4.09. The zero-order valence-corrected chi connectivity index (χ0v) is 11.7. The van der Waals surface area contributed by atoms with Crippen LogP contribution in [0.2, 0.25) is 0 Å². The lowest BCUT2D eigenvalue weighted by Crippen LogP contribution is -2.16. The molecule has 0 heterocycles. The van der Waals surface area contributed by atoms with Gasteiger partial charge in [0.25, 0.3) is 0 Å². The second-order valence-corrected chi connectivity index (χ2v) is 4.59. The lowest BCUT2D eigenvalue weighted by atomic mass is 9.92. The van der Waals surface area contributed by atoms with Crippen LogP contribution >= 0.6 is 0 Å². The Hall–Kier alpha value is -1.31. The van der Waals surface area contributed by atoms with Crippen LogP contribution in [0.15, 0.2) is 24.3 Å². The van der Waals surface area contributed by atoms with Gasteiger partial charge in [0.1, 0.15) is 0 Å². The van der Waals surface area contributed by atoms with Gasteiger partial charge in [-0.25, -0.2) is 0 Å². The lowest BCUT2D eigenvalue weighted by Gasteiger charge is -2.16. The second kappa shape index (κ2) is 7.91. The Morgan fingerprint density at radius 1 is 1.22 bits per heavy atom. The van der Waals surface area contributed by atoms with Crippen molar-refractivity contribution >= 4 is 5.97 Å². The van der Waals surface area contributed by atoms with Crippen molar-refractivity contribution in [3.05, 3.63) is 35.4 Å². The summed E-state index contributed by atoms with van der Waals surface area (Å²) in [6.45, 7) is 6.58. The molecule has 1 rings (SSSR count). The third-order valence-electron chi connectivity index (χ3n) is 3.04. The van der Waals surface area contributed by atoms with Crippen LogP contribution in [-0.4, -0.2) is 12.6 Å². The largest absolute Gasteiger partial charge is 0.466 e. The molecule has 100 valence electrons. The average Bonchev–Trinajstić information content (AvgIpc) is 2.37. The van der Waals surface area contributed by atoms with Crippen molar-refractivity contribution in [1.29, 1.82) is 0 Å². The molecule has 0 aromatic heterocycles. The minimum Gasteiger partial charge on any atom is -0.466 e. The standard InChI is InChI=1S/C16H24O2/c1-4-8-13-10-7-11-14(12-13)15(9-5-2)16(17)18-6-3/h7,10-12,15H,4-6,8-9H2,1-3H3. The van der Waals surface area contributed by atoms with Gasteiger partial charge in [0.15, 0.2) is 0 Å². The second-order valence-electron chi connectivity index (χ2n) is 4.59. The van der Waals surface area contributed by atoms with Gasteiger partial charge in [0.05, 0.1) is 12.5 Å². The zero-order chi connectivity index (χ0) is 13.4. The highest BCUT2D eigenvalue weighted by Crippen LogP contribution is 2.24. The number of esters is 1. The third kappa shape index (κ3) is 4.17. The number of ether oxygens (including phenoxy) is 1. The molecular weight excluding hydrogens is 224 g/mol. The van der Waals surface area contributed by atoms with Gasteiger partial charge in [-0.05, 0) is 30.9 Å². The first kappa shape index (κ1) is 14.7. The topological polar surface area (TPSA) is 26.3 Å². The molecule has 0 saturated heterocycles. The van der Waals surface area contributed by atoms with Gasteiger partial charge in [-0.15, -0.1) is 0 Å². The van der Waals surface area contributed by atoms with E-state index < -0.39 is 0 Å². The van der Waals surface area contributed by atoms with Crippen LogP contribution < -0.4 is 0 Å². The summed E-state index contributed by atoms with van der Waals surface area (Å²) in [6, 6.07) is 8.36. The minimum absolute atomic E-state index is 0.0898. The molecular formula is C16H24O2. The van der Waals surface area contributed by atoms with E-state index in [2.05, 4.69) is 26.0 Å². The van der Waals surface area contributed by atoms with Gasteiger partial charge in [-0.1, -0.05) is 51.0 Å². The highest BCUT2D eigenvalue weighted by Gasteiger charge is 2.20. The van der Waals surface area contributed by atoms with E-state index in [1.165, 1.54) is 5.56 Å². The molecule has 0 N–H and O–H groups in total. The number of carbonyl (C=O) groups excluding carboxylic acids is 1. The molecule has 0 amide bonds. The zero-order valence-electron chi connectivity index (χ0n) is 11.7. The summed E-state index contributed by atoms with van der Waals surface area (Å²) in [5, 5.41) is 0. The van der Waals surface area contributed by atoms with Gasteiger partial charge in [0.2, 0.25) is 0 Å². The molecule has 0 aliphatic carbocycles.